The molecule has 0 saturated heterocycles. The number of para-hydroxylation sites is 1. The lowest BCUT2D eigenvalue weighted by Crippen LogP contribution is -2.10. The van der Waals surface area contributed by atoms with E-state index < -0.39 is 0 Å². The maximum atomic E-state index is 11.9. The largest absolute Gasteiger partial charge is 0.435 e. The van der Waals surface area contributed by atoms with E-state index in [2.05, 4.69) is 10.2 Å². The summed E-state index contributed by atoms with van der Waals surface area (Å²) in [6.07, 6.45) is 2.27. The monoisotopic (exact) mass is 242 g/mol. The molecule has 4 heteroatoms. The van der Waals surface area contributed by atoms with Gasteiger partial charge in [-0.2, -0.15) is 0 Å². The number of hydrogen-bond donors (Lipinski definition) is 1. The number of benzene rings is 1. The molecule has 2 aromatic rings. The summed E-state index contributed by atoms with van der Waals surface area (Å²) >= 11 is 0. The summed E-state index contributed by atoms with van der Waals surface area (Å²) in [5.41, 5.74) is 1.72. The molecule has 1 aromatic carbocycles. The first-order valence-electron chi connectivity index (χ1n) is 6.07. The van der Waals surface area contributed by atoms with Gasteiger partial charge in [0.1, 0.15) is 5.75 Å². The SMILES string of the molecule is Cc1ccccc1Oc1n[nH]c(C2CC2)cc1=O. The van der Waals surface area contributed by atoms with E-state index in [1.165, 1.54) is 0 Å². The Kier molecular flexibility index (Phi) is 2.63. The molecule has 1 aliphatic carbocycles. The Bertz CT molecular complexity index is 630. The molecule has 0 unspecified atom stereocenters. The first-order chi connectivity index (χ1) is 8.74. The van der Waals surface area contributed by atoms with Crippen LogP contribution in [0.4, 0.5) is 0 Å². The average molecular weight is 242 g/mol. The molecule has 1 fully saturated rings. The maximum absolute atomic E-state index is 11.9. The smallest absolute Gasteiger partial charge is 0.285 e. The Morgan fingerprint density at radius 2 is 2.11 bits per heavy atom. The number of H-pyrrole nitrogens is 1. The van der Waals surface area contributed by atoms with E-state index in [9.17, 15) is 4.79 Å². The first-order valence-corrected chi connectivity index (χ1v) is 6.07. The molecule has 92 valence electrons. The van der Waals surface area contributed by atoms with E-state index in [-0.39, 0.29) is 11.3 Å². The molecule has 0 radical (unpaired) electrons. The van der Waals surface area contributed by atoms with Crippen LogP contribution in [-0.2, 0) is 0 Å². The van der Waals surface area contributed by atoms with E-state index in [0.717, 1.165) is 24.1 Å². The van der Waals surface area contributed by atoms with Crippen molar-refractivity contribution in [3.8, 4) is 11.6 Å². The highest BCUT2D eigenvalue weighted by atomic mass is 16.5. The quantitative estimate of drug-likeness (QED) is 0.900. The predicted molar refractivity (Wildman–Crippen MR) is 68.1 cm³/mol. The van der Waals surface area contributed by atoms with Gasteiger partial charge in [-0.15, -0.1) is 5.10 Å². The number of ether oxygens (including phenoxy) is 1. The van der Waals surface area contributed by atoms with Gasteiger partial charge in [0.05, 0.1) is 0 Å². The van der Waals surface area contributed by atoms with Crippen molar-refractivity contribution in [3.63, 3.8) is 0 Å². The fourth-order valence-electron chi connectivity index (χ4n) is 1.86. The Morgan fingerprint density at radius 3 is 2.78 bits per heavy atom. The molecule has 1 N–H and O–H groups in total. The Hall–Kier alpha value is -2.10. The lowest BCUT2D eigenvalue weighted by atomic mass is 10.2. The summed E-state index contributed by atoms with van der Waals surface area (Å²) in [7, 11) is 0. The number of nitrogens with one attached hydrogen (secondary N) is 1. The highest BCUT2D eigenvalue weighted by molar-refractivity contribution is 5.34. The zero-order chi connectivity index (χ0) is 12.5. The van der Waals surface area contributed by atoms with Gasteiger partial charge in [-0.05, 0) is 31.4 Å². The molecule has 4 nitrogen and oxygen atoms in total. The molecule has 1 saturated carbocycles. The summed E-state index contributed by atoms with van der Waals surface area (Å²) < 4.78 is 5.54. The van der Waals surface area contributed by atoms with E-state index in [4.69, 9.17) is 4.74 Å². The Balaban J connectivity index is 1.89. The number of nitrogens with zero attached hydrogens (tertiary/aromatic N) is 1. The first kappa shape index (κ1) is 11.0. The fourth-order valence-corrected chi connectivity index (χ4v) is 1.86. The molecular formula is C14H14N2O2. The van der Waals surface area contributed by atoms with Crippen LogP contribution >= 0.6 is 0 Å². The predicted octanol–water partition coefficient (Wildman–Crippen LogP) is 2.75. The molecule has 1 aromatic heterocycles. The summed E-state index contributed by atoms with van der Waals surface area (Å²) in [6.45, 7) is 1.93. The summed E-state index contributed by atoms with van der Waals surface area (Å²) in [6, 6.07) is 9.15. The molecule has 3 rings (SSSR count). The van der Waals surface area contributed by atoms with Gasteiger partial charge < -0.3 is 4.74 Å². The molecule has 0 atom stereocenters. The second-order valence-electron chi connectivity index (χ2n) is 4.63. The third kappa shape index (κ3) is 2.14. The normalized spacial score (nSPS) is 14.5. The van der Waals surface area contributed by atoms with Gasteiger partial charge in [-0.25, -0.2) is 0 Å². The van der Waals surface area contributed by atoms with Gasteiger partial charge in [-0.3, -0.25) is 9.89 Å². The van der Waals surface area contributed by atoms with E-state index in [1.807, 2.05) is 31.2 Å². The number of aromatic nitrogens is 2. The van der Waals surface area contributed by atoms with Crippen molar-refractivity contribution in [2.45, 2.75) is 25.7 Å². The van der Waals surface area contributed by atoms with Crippen molar-refractivity contribution in [3.05, 3.63) is 51.8 Å². The van der Waals surface area contributed by atoms with Crippen molar-refractivity contribution in [1.29, 1.82) is 0 Å². The van der Waals surface area contributed by atoms with Gasteiger partial charge >= 0.3 is 0 Å². The van der Waals surface area contributed by atoms with Gasteiger partial charge in [0.25, 0.3) is 5.88 Å². The average Bonchev–Trinajstić information content (AvgIpc) is 3.18. The van der Waals surface area contributed by atoms with Crippen LogP contribution in [0, 0.1) is 6.92 Å². The van der Waals surface area contributed by atoms with Crippen LogP contribution in [0.2, 0.25) is 0 Å². The van der Waals surface area contributed by atoms with Crippen LogP contribution in [0.1, 0.15) is 30.0 Å². The van der Waals surface area contributed by atoms with Crippen molar-refractivity contribution < 1.29 is 4.74 Å². The van der Waals surface area contributed by atoms with Crippen LogP contribution in [0.25, 0.3) is 0 Å². The zero-order valence-electron chi connectivity index (χ0n) is 10.1. The third-order valence-electron chi connectivity index (χ3n) is 3.10. The molecule has 0 amide bonds. The molecule has 18 heavy (non-hydrogen) atoms. The molecular weight excluding hydrogens is 228 g/mol. The number of aromatic amines is 1. The zero-order valence-corrected chi connectivity index (χ0v) is 10.1. The van der Waals surface area contributed by atoms with Crippen LogP contribution in [0.3, 0.4) is 0 Å². The standard InChI is InChI=1S/C14H14N2O2/c1-9-4-2-3-5-13(9)18-14-12(17)8-11(15-16-14)10-6-7-10/h2-5,8,10H,6-7H2,1H3,(H,15,17). The minimum Gasteiger partial charge on any atom is -0.435 e. The lowest BCUT2D eigenvalue weighted by molar-refractivity contribution is 0.445. The lowest BCUT2D eigenvalue weighted by Gasteiger charge is -2.06. The van der Waals surface area contributed by atoms with E-state index in [0.29, 0.717) is 11.7 Å². The van der Waals surface area contributed by atoms with Crippen molar-refractivity contribution in [2.75, 3.05) is 0 Å². The Labute approximate surface area is 105 Å². The fraction of sp³-hybridized carbons (Fsp3) is 0.286. The van der Waals surface area contributed by atoms with Crippen LogP contribution in [0.15, 0.2) is 35.1 Å². The molecule has 1 heterocycles. The summed E-state index contributed by atoms with van der Waals surface area (Å²) in [4.78, 5) is 11.9. The van der Waals surface area contributed by atoms with Crippen LogP contribution in [0.5, 0.6) is 11.6 Å². The highest BCUT2D eigenvalue weighted by Crippen LogP contribution is 2.38. The van der Waals surface area contributed by atoms with E-state index in [1.54, 1.807) is 6.07 Å². The van der Waals surface area contributed by atoms with Crippen molar-refractivity contribution in [2.24, 2.45) is 0 Å². The van der Waals surface area contributed by atoms with Gasteiger partial charge in [0.2, 0.25) is 5.43 Å². The number of aryl methyl sites for hydroxylation is 1. The third-order valence-corrected chi connectivity index (χ3v) is 3.10. The van der Waals surface area contributed by atoms with Crippen LogP contribution in [-0.4, -0.2) is 10.2 Å². The summed E-state index contributed by atoms with van der Waals surface area (Å²) in [5, 5.41) is 6.92. The van der Waals surface area contributed by atoms with Crippen molar-refractivity contribution >= 4 is 0 Å². The number of hydrogen-bond acceptors (Lipinski definition) is 3. The van der Waals surface area contributed by atoms with Gasteiger partial charge in [-0.1, -0.05) is 18.2 Å². The minimum absolute atomic E-state index is 0.105. The molecule has 0 bridgehead atoms. The van der Waals surface area contributed by atoms with Gasteiger partial charge in [0, 0.05) is 17.7 Å². The second-order valence-corrected chi connectivity index (χ2v) is 4.63. The van der Waals surface area contributed by atoms with Crippen LogP contribution < -0.4 is 10.2 Å². The van der Waals surface area contributed by atoms with Crippen molar-refractivity contribution in [1.82, 2.24) is 10.2 Å². The highest BCUT2D eigenvalue weighted by Gasteiger charge is 2.25. The van der Waals surface area contributed by atoms with E-state index >= 15 is 0 Å². The summed E-state index contributed by atoms with van der Waals surface area (Å²) in [5.74, 6) is 1.25. The minimum atomic E-state index is -0.168. The van der Waals surface area contributed by atoms with Gasteiger partial charge in [0.15, 0.2) is 0 Å². The molecule has 1 aliphatic rings. The molecule has 0 aliphatic heterocycles. The molecule has 0 spiro atoms. The number of rotatable bonds is 3. The maximum Gasteiger partial charge on any atom is 0.285 e. The Morgan fingerprint density at radius 1 is 1.33 bits per heavy atom. The topological polar surface area (TPSA) is 55.0 Å². The second kappa shape index (κ2) is 4.29.